The first-order valence-corrected chi connectivity index (χ1v) is 10.8. The molecule has 0 spiro atoms. The van der Waals surface area contributed by atoms with Gasteiger partial charge in [-0.05, 0) is 47.5 Å². The Morgan fingerprint density at radius 1 is 1.00 bits per heavy atom. The monoisotopic (exact) mass is 426 g/mol. The van der Waals surface area contributed by atoms with Gasteiger partial charge in [0, 0.05) is 31.5 Å². The summed E-state index contributed by atoms with van der Waals surface area (Å²) in [5.74, 6) is -3.72. The van der Waals surface area contributed by atoms with Gasteiger partial charge >= 0.3 is 0 Å². The Morgan fingerprint density at radius 2 is 1.67 bits per heavy atom. The number of carbonyl (C=O) groups is 2. The van der Waals surface area contributed by atoms with Crippen molar-refractivity contribution >= 4 is 11.7 Å². The molecule has 0 radical (unpaired) electrons. The lowest BCUT2D eigenvalue weighted by molar-refractivity contribution is -0.283. The predicted octanol–water partition coefficient (Wildman–Crippen LogP) is 1.07. The highest BCUT2D eigenvalue weighted by Crippen LogP contribution is 2.49. The van der Waals surface area contributed by atoms with E-state index >= 15 is 0 Å². The standard InChI is InChI=1S/C21H34N2O7/c1-18(2)27-14-12-26-21(16(15(14)28-18)29-19(3,4)30-21)7-6-13(24)17(25)23-10-8-20(5,22)9-11-23/h14-16H,6-12,22H2,1-5H3/t14-,15-,16+,21+/m1/s1. The summed E-state index contributed by atoms with van der Waals surface area (Å²) in [6.07, 6.45) is 0.389. The Bertz CT molecular complexity index is 712. The molecule has 0 aromatic rings. The zero-order valence-corrected chi connectivity index (χ0v) is 18.6. The SMILES string of the molecule is CC1(N)CCN(C(=O)C(=O)CC[C@@]23OC[C@H]4OC(C)(C)O[C@H]4[C@@H]2OC(C)(C)O3)CC1. The van der Waals surface area contributed by atoms with Gasteiger partial charge in [-0.1, -0.05) is 0 Å². The summed E-state index contributed by atoms with van der Waals surface area (Å²) < 4.78 is 30.3. The molecular weight excluding hydrogens is 392 g/mol. The third-order valence-corrected chi connectivity index (χ3v) is 6.41. The van der Waals surface area contributed by atoms with E-state index in [-0.39, 0.29) is 37.2 Å². The number of likely N-dealkylation sites (tertiary alicyclic amines) is 1. The molecule has 4 heterocycles. The number of hydrogen-bond acceptors (Lipinski definition) is 8. The van der Waals surface area contributed by atoms with Crippen molar-refractivity contribution in [1.29, 1.82) is 0 Å². The molecule has 0 bridgehead atoms. The fourth-order valence-corrected chi connectivity index (χ4v) is 4.85. The van der Waals surface area contributed by atoms with E-state index in [1.807, 2.05) is 20.8 Å². The topological polar surface area (TPSA) is 110 Å². The zero-order valence-electron chi connectivity index (χ0n) is 18.6. The Labute approximate surface area is 177 Å². The number of hydrogen-bond donors (Lipinski definition) is 1. The molecule has 0 aromatic carbocycles. The molecule has 30 heavy (non-hydrogen) atoms. The van der Waals surface area contributed by atoms with Crippen molar-refractivity contribution in [1.82, 2.24) is 4.90 Å². The molecule has 4 aliphatic heterocycles. The molecule has 9 heteroatoms. The lowest BCUT2D eigenvalue weighted by Gasteiger charge is -2.41. The molecule has 0 unspecified atom stereocenters. The Kier molecular flexibility index (Phi) is 5.32. The first-order valence-electron chi connectivity index (χ1n) is 10.8. The first kappa shape index (κ1) is 22.1. The maximum atomic E-state index is 12.7. The molecule has 4 rings (SSSR count). The van der Waals surface area contributed by atoms with E-state index in [4.69, 9.17) is 29.4 Å². The molecule has 0 aromatic heterocycles. The van der Waals surface area contributed by atoms with Crippen molar-refractivity contribution in [3.63, 3.8) is 0 Å². The van der Waals surface area contributed by atoms with Crippen LogP contribution in [-0.4, -0.2) is 77.5 Å². The number of nitrogens with two attached hydrogens (primary N) is 1. The number of piperidine rings is 1. The van der Waals surface area contributed by atoms with Gasteiger partial charge in [-0.25, -0.2) is 0 Å². The quantitative estimate of drug-likeness (QED) is 0.665. The van der Waals surface area contributed by atoms with Gasteiger partial charge in [-0.15, -0.1) is 0 Å². The molecular formula is C21H34N2O7. The number of nitrogens with zero attached hydrogens (tertiary/aromatic N) is 1. The minimum Gasteiger partial charge on any atom is -0.344 e. The maximum absolute atomic E-state index is 12.7. The van der Waals surface area contributed by atoms with E-state index in [0.717, 1.165) is 0 Å². The number of ketones is 1. The molecule has 1 amide bonds. The molecule has 4 atom stereocenters. The highest BCUT2D eigenvalue weighted by Gasteiger charge is 2.65. The van der Waals surface area contributed by atoms with Crippen molar-refractivity contribution in [2.75, 3.05) is 19.7 Å². The average molecular weight is 427 g/mol. The minimum absolute atomic E-state index is 0.00675. The smallest absolute Gasteiger partial charge is 0.289 e. The maximum Gasteiger partial charge on any atom is 0.289 e. The number of amides is 1. The second-order valence-electron chi connectivity index (χ2n) is 10.2. The van der Waals surface area contributed by atoms with Crippen LogP contribution in [0.4, 0.5) is 0 Å². The van der Waals surface area contributed by atoms with E-state index in [1.54, 1.807) is 18.7 Å². The fraction of sp³-hybridized carbons (Fsp3) is 0.905. The number of Topliss-reactive ketones (excluding diaryl/α,β-unsaturated/α-hetero) is 1. The van der Waals surface area contributed by atoms with Crippen molar-refractivity contribution in [2.45, 2.75) is 102 Å². The zero-order chi connectivity index (χ0) is 21.9. The molecule has 170 valence electrons. The van der Waals surface area contributed by atoms with Crippen molar-refractivity contribution in [3.8, 4) is 0 Å². The van der Waals surface area contributed by atoms with E-state index in [2.05, 4.69) is 0 Å². The second kappa shape index (κ2) is 7.21. The predicted molar refractivity (Wildman–Crippen MR) is 105 cm³/mol. The third kappa shape index (κ3) is 4.16. The van der Waals surface area contributed by atoms with Crippen LogP contribution in [0.5, 0.6) is 0 Å². The molecule has 4 fully saturated rings. The second-order valence-corrected chi connectivity index (χ2v) is 10.2. The van der Waals surface area contributed by atoms with Gasteiger partial charge in [-0.2, -0.15) is 0 Å². The van der Waals surface area contributed by atoms with Crippen LogP contribution in [0.25, 0.3) is 0 Å². The number of rotatable bonds is 4. The van der Waals surface area contributed by atoms with Gasteiger partial charge in [0.1, 0.15) is 18.3 Å². The highest BCUT2D eigenvalue weighted by molar-refractivity contribution is 6.36. The molecule has 2 N–H and O–H groups in total. The van der Waals surface area contributed by atoms with Crippen LogP contribution in [0, 0.1) is 0 Å². The summed E-state index contributed by atoms with van der Waals surface area (Å²) >= 11 is 0. The van der Waals surface area contributed by atoms with Crippen LogP contribution < -0.4 is 5.73 Å². The van der Waals surface area contributed by atoms with Crippen LogP contribution in [0.1, 0.15) is 60.3 Å². The summed E-state index contributed by atoms with van der Waals surface area (Å²) in [7, 11) is 0. The van der Waals surface area contributed by atoms with Crippen LogP contribution >= 0.6 is 0 Å². The van der Waals surface area contributed by atoms with Crippen LogP contribution in [-0.2, 0) is 33.3 Å². The number of ether oxygens (including phenoxy) is 5. The van der Waals surface area contributed by atoms with Gasteiger partial charge in [0.05, 0.1) is 6.61 Å². The number of carbonyl (C=O) groups excluding carboxylic acids is 2. The summed E-state index contributed by atoms with van der Waals surface area (Å²) in [6.45, 7) is 10.5. The van der Waals surface area contributed by atoms with E-state index in [1.165, 1.54) is 0 Å². The largest absolute Gasteiger partial charge is 0.344 e. The number of fused-ring (bicyclic) bond motifs is 3. The minimum atomic E-state index is -1.15. The average Bonchev–Trinajstić information content (AvgIpc) is 3.10. The summed E-state index contributed by atoms with van der Waals surface area (Å²) in [6, 6.07) is 0. The first-order chi connectivity index (χ1) is 13.8. The highest BCUT2D eigenvalue weighted by atomic mass is 16.9. The normalized spacial score (nSPS) is 38.7. The lowest BCUT2D eigenvalue weighted by atomic mass is 9.90. The van der Waals surface area contributed by atoms with Gasteiger partial charge in [-0.3, -0.25) is 9.59 Å². The van der Waals surface area contributed by atoms with E-state index in [0.29, 0.717) is 25.9 Å². The van der Waals surface area contributed by atoms with Gasteiger partial charge in [0.15, 0.2) is 11.6 Å². The molecule has 4 saturated heterocycles. The summed E-state index contributed by atoms with van der Waals surface area (Å²) in [5.41, 5.74) is 5.84. The Morgan fingerprint density at radius 3 is 2.33 bits per heavy atom. The third-order valence-electron chi connectivity index (χ3n) is 6.41. The van der Waals surface area contributed by atoms with Crippen molar-refractivity contribution in [3.05, 3.63) is 0 Å². The summed E-state index contributed by atoms with van der Waals surface area (Å²) in [5, 5.41) is 0. The van der Waals surface area contributed by atoms with Crippen molar-refractivity contribution < 1.29 is 33.3 Å². The van der Waals surface area contributed by atoms with Crippen molar-refractivity contribution in [2.24, 2.45) is 5.73 Å². The Balaban J connectivity index is 1.42. The van der Waals surface area contributed by atoms with Gasteiger partial charge < -0.3 is 34.3 Å². The Hall–Kier alpha value is -1.10. The van der Waals surface area contributed by atoms with Crippen LogP contribution in [0.15, 0.2) is 0 Å². The van der Waals surface area contributed by atoms with Crippen LogP contribution in [0.3, 0.4) is 0 Å². The molecule has 0 saturated carbocycles. The van der Waals surface area contributed by atoms with Crippen LogP contribution in [0.2, 0.25) is 0 Å². The summed E-state index contributed by atoms with van der Waals surface area (Å²) in [4.78, 5) is 26.9. The van der Waals surface area contributed by atoms with Gasteiger partial charge in [0.2, 0.25) is 11.6 Å². The molecule has 4 aliphatic rings. The van der Waals surface area contributed by atoms with E-state index in [9.17, 15) is 9.59 Å². The fourth-order valence-electron chi connectivity index (χ4n) is 4.85. The molecule has 9 nitrogen and oxygen atoms in total. The van der Waals surface area contributed by atoms with Gasteiger partial charge in [0.25, 0.3) is 5.91 Å². The van der Waals surface area contributed by atoms with E-state index < -0.39 is 35.2 Å². The molecule has 0 aliphatic carbocycles. The lowest BCUT2D eigenvalue weighted by Crippen LogP contribution is -2.58.